The van der Waals surface area contributed by atoms with Crippen molar-refractivity contribution in [1.29, 1.82) is 0 Å². The van der Waals surface area contributed by atoms with Gasteiger partial charge in [-0.05, 0) is 54.6 Å². The van der Waals surface area contributed by atoms with Crippen molar-refractivity contribution in [2.24, 2.45) is 0 Å². The molecule has 10 nitrogen and oxygen atoms in total. The number of rotatable bonds is 10. The molecule has 198 valence electrons. The summed E-state index contributed by atoms with van der Waals surface area (Å²) >= 11 is 12.0. The summed E-state index contributed by atoms with van der Waals surface area (Å²) in [7, 11) is -4.98. The number of hydrogen-bond acceptors (Lipinski definition) is 7. The molecular weight excluding hydrogens is 565 g/mol. The van der Waals surface area contributed by atoms with Crippen LogP contribution >= 0.6 is 23.2 Å². The minimum Gasteiger partial charge on any atom is -0.497 e. The number of methoxy groups -OCH3 is 2. The molecule has 3 aromatic carbocycles. The average molecular weight is 588 g/mol. The molecule has 37 heavy (non-hydrogen) atoms. The molecule has 0 aliphatic rings. The molecule has 3 rings (SSSR count). The van der Waals surface area contributed by atoms with Crippen LogP contribution in [0.5, 0.6) is 11.5 Å². The normalized spacial score (nSPS) is 11.5. The van der Waals surface area contributed by atoms with Gasteiger partial charge in [-0.2, -0.15) is 0 Å². The Morgan fingerprint density at radius 1 is 0.919 bits per heavy atom. The first-order valence-electron chi connectivity index (χ1n) is 10.4. The van der Waals surface area contributed by atoms with E-state index in [1.54, 1.807) is 6.07 Å². The fourth-order valence-corrected chi connectivity index (χ4v) is 5.70. The summed E-state index contributed by atoms with van der Waals surface area (Å²) in [6, 6.07) is 14.2. The second-order valence-electron chi connectivity index (χ2n) is 7.61. The molecule has 0 spiro atoms. The van der Waals surface area contributed by atoms with E-state index in [0.717, 1.165) is 10.6 Å². The van der Waals surface area contributed by atoms with Gasteiger partial charge in [-0.15, -0.1) is 0 Å². The minimum absolute atomic E-state index is 0.0567. The zero-order valence-corrected chi connectivity index (χ0v) is 23.0. The van der Waals surface area contributed by atoms with E-state index < -0.39 is 32.5 Å². The highest BCUT2D eigenvalue weighted by molar-refractivity contribution is 7.92. The van der Waals surface area contributed by atoms with Crippen molar-refractivity contribution in [2.45, 2.75) is 4.90 Å². The molecule has 0 aromatic heterocycles. The van der Waals surface area contributed by atoms with Gasteiger partial charge in [0.05, 0.1) is 41.8 Å². The molecule has 0 aliphatic heterocycles. The average Bonchev–Trinajstić information content (AvgIpc) is 2.82. The molecule has 0 radical (unpaired) electrons. The van der Waals surface area contributed by atoms with E-state index in [1.807, 2.05) is 0 Å². The highest BCUT2D eigenvalue weighted by Crippen LogP contribution is 2.32. The van der Waals surface area contributed by atoms with Gasteiger partial charge in [-0.25, -0.2) is 16.8 Å². The van der Waals surface area contributed by atoms with Gasteiger partial charge >= 0.3 is 0 Å². The van der Waals surface area contributed by atoms with Crippen LogP contribution < -0.4 is 23.8 Å². The van der Waals surface area contributed by atoms with Crippen LogP contribution in [0.15, 0.2) is 65.6 Å². The molecule has 0 atom stereocenters. The third kappa shape index (κ3) is 7.19. The maximum atomic E-state index is 12.8. The summed E-state index contributed by atoms with van der Waals surface area (Å²) in [5.41, 5.74) is 0.550. The molecule has 1 amide bonds. The van der Waals surface area contributed by atoms with E-state index in [-0.39, 0.29) is 32.7 Å². The first-order chi connectivity index (χ1) is 17.3. The maximum absolute atomic E-state index is 12.8. The van der Waals surface area contributed by atoms with Crippen molar-refractivity contribution in [1.82, 2.24) is 0 Å². The summed E-state index contributed by atoms with van der Waals surface area (Å²) < 4.78 is 63.9. The number of nitrogens with one attached hydrogen (secondary N) is 2. The van der Waals surface area contributed by atoms with Gasteiger partial charge in [0.25, 0.3) is 10.0 Å². The molecule has 0 unspecified atom stereocenters. The van der Waals surface area contributed by atoms with Crippen LogP contribution in [-0.2, 0) is 24.8 Å². The number of halogens is 2. The number of benzene rings is 3. The minimum atomic E-state index is -3.99. The van der Waals surface area contributed by atoms with Crippen molar-refractivity contribution in [3.05, 3.63) is 70.7 Å². The first kappa shape index (κ1) is 28.4. The van der Waals surface area contributed by atoms with Crippen LogP contribution in [0.25, 0.3) is 0 Å². The molecule has 0 saturated heterocycles. The quantitative estimate of drug-likeness (QED) is 0.363. The second-order valence-corrected chi connectivity index (χ2v) is 12.0. The Labute approximate surface area is 225 Å². The summed E-state index contributed by atoms with van der Waals surface area (Å²) in [6.45, 7) is -0.570. The zero-order chi connectivity index (χ0) is 27.4. The second kappa shape index (κ2) is 11.5. The Bertz CT molecular complexity index is 1510. The lowest BCUT2D eigenvalue weighted by Gasteiger charge is -2.23. The van der Waals surface area contributed by atoms with Crippen LogP contribution in [0.4, 0.5) is 17.1 Å². The Morgan fingerprint density at radius 3 is 2.16 bits per heavy atom. The lowest BCUT2D eigenvalue weighted by Crippen LogP contribution is -2.37. The number of amides is 1. The standard InChI is InChI=1S/C23H23Cl2N3O7S2/c1-34-17-7-10-20(22(13-17)35-2)27-37(32,33)18-8-5-16(6-9-18)26-23(29)14-28(36(3,30)31)21-11-4-15(24)12-19(21)25/h4-13,27H,14H2,1-3H3,(H,26,29). The van der Waals surface area contributed by atoms with E-state index in [0.29, 0.717) is 10.8 Å². The maximum Gasteiger partial charge on any atom is 0.262 e. The monoisotopic (exact) mass is 587 g/mol. The third-order valence-electron chi connectivity index (χ3n) is 4.97. The fourth-order valence-electron chi connectivity index (χ4n) is 3.20. The Kier molecular flexibility index (Phi) is 8.80. The van der Waals surface area contributed by atoms with E-state index >= 15 is 0 Å². The fraction of sp³-hybridized carbons (Fsp3) is 0.174. The van der Waals surface area contributed by atoms with Gasteiger partial charge in [0.2, 0.25) is 15.9 Å². The molecule has 3 aromatic rings. The molecule has 0 bridgehead atoms. The van der Waals surface area contributed by atoms with Gasteiger partial charge in [-0.1, -0.05) is 23.2 Å². The van der Waals surface area contributed by atoms with Gasteiger partial charge in [-0.3, -0.25) is 13.8 Å². The lowest BCUT2D eigenvalue weighted by atomic mass is 10.3. The zero-order valence-electron chi connectivity index (χ0n) is 19.9. The van der Waals surface area contributed by atoms with Crippen molar-refractivity contribution in [2.75, 3.05) is 41.4 Å². The van der Waals surface area contributed by atoms with Gasteiger partial charge in [0.1, 0.15) is 18.0 Å². The molecule has 0 heterocycles. The van der Waals surface area contributed by atoms with Crippen LogP contribution in [0.3, 0.4) is 0 Å². The van der Waals surface area contributed by atoms with Crippen molar-refractivity contribution in [3.63, 3.8) is 0 Å². The topological polar surface area (TPSA) is 131 Å². The SMILES string of the molecule is COc1ccc(NS(=O)(=O)c2ccc(NC(=O)CN(c3ccc(Cl)cc3Cl)S(C)(=O)=O)cc2)c(OC)c1. The summed E-state index contributed by atoms with van der Waals surface area (Å²) in [6.07, 6.45) is 0.940. The molecule has 2 N–H and O–H groups in total. The van der Waals surface area contributed by atoms with Gasteiger partial charge < -0.3 is 14.8 Å². The number of hydrogen-bond donors (Lipinski definition) is 2. The van der Waals surface area contributed by atoms with E-state index in [4.69, 9.17) is 32.7 Å². The summed E-state index contributed by atoms with van der Waals surface area (Å²) in [5, 5.41) is 2.90. The van der Waals surface area contributed by atoms with E-state index in [9.17, 15) is 21.6 Å². The summed E-state index contributed by atoms with van der Waals surface area (Å²) in [4.78, 5) is 12.6. The molecule has 0 fully saturated rings. The van der Waals surface area contributed by atoms with Crippen molar-refractivity contribution >= 4 is 66.2 Å². The van der Waals surface area contributed by atoms with Crippen LogP contribution in [-0.4, -0.2) is 49.8 Å². The first-order valence-corrected chi connectivity index (χ1v) is 14.5. The molecule has 0 aliphatic carbocycles. The Morgan fingerprint density at radius 2 is 1.59 bits per heavy atom. The largest absolute Gasteiger partial charge is 0.497 e. The van der Waals surface area contributed by atoms with Crippen molar-refractivity contribution < 1.29 is 31.1 Å². The number of carbonyl (C=O) groups is 1. The molecule has 0 saturated carbocycles. The number of nitrogens with zero attached hydrogens (tertiary/aromatic N) is 1. The predicted octanol–water partition coefficient (Wildman–Crippen LogP) is 4.22. The van der Waals surface area contributed by atoms with E-state index in [1.165, 1.54) is 68.8 Å². The third-order valence-corrected chi connectivity index (χ3v) is 8.01. The smallest absolute Gasteiger partial charge is 0.262 e. The molecular formula is C23H23Cl2N3O7S2. The molecule has 14 heteroatoms. The summed E-state index contributed by atoms with van der Waals surface area (Å²) in [5.74, 6) is 0.0869. The highest BCUT2D eigenvalue weighted by atomic mass is 35.5. The number of ether oxygens (including phenoxy) is 2. The Balaban J connectivity index is 1.74. The van der Waals surface area contributed by atoms with Crippen molar-refractivity contribution in [3.8, 4) is 11.5 Å². The number of carbonyl (C=O) groups excluding carboxylic acids is 1. The van der Waals surface area contributed by atoms with Gasteiger partial charge in [0.15, 0.2) is 0 Å². The van der Waals surface area contributed by atoms with Crippen LogP contribution in [0.2, 0.25) is 10.0 Å². The predicted molar refractivity (Wildman–Crippen MR) is 144 cm³/mol. The number of sulfonamides is 2. The number of anilines is 3. The Hall–Kier alpha value is -3.19. The van der Waals surface area contributed by atoms with E-state index in [2.05, 4.69) is 10.0 Å². The highest BCUT2D eigenvalue weighted by Gasteiger charge is 2.23. The lowest BCUT2D eigenvalue weighted by molar-refractivity contribution is -0.114. The van der Waals surface area contributed by atoms with Crippen LogP contribution in [0.1, 0.15) is 0 Å². The van der Waals surface area contributed by atoms with Gasteiger partial charge in [0, 0.05) is 16.8 Å². The van der Waals surface area contributed by atoms with Crippen LogP contribution in [0, 0.1) is 0 Å².